The molecule has 0 radical (unpaired) electrons. The summed E-state index contributed by atoms with van der Waals surface area (Å²) in [5.74, 6) is -13.4. The van der Waals surface area contributed by atoms with Crippen LogP contribution in [0.2, 0.25) is 0 Å². The molecule has 0 bridgehead atoms. The van der Waals surface area contributed by atoms with Gasteiger partial charge in [-0.2, -0.15) is 0 Å². The third-order valence-corrected chi connectivity index (χ3v) is 4.69. The topological polar surface area (TPSA) is 149 Å². The minimum atomic E-state index is -3.05. The van der Waals surface area contributed by atoms with Crippen LogP contribution in [0.3, 0.4) is 0 Å². The number of hydrogen-bond acceptors (Lipinski definition) is 4. The summed E-state index contributed by atoms with van der Waals surface area (Å²) >= 11 is 0. The van der Waals surface area contributed by atoms with Crippen molar-refractivity contribution in [1.29, 1.82) is 0 Å². The number of carboxylic acids is 4. The van der Waals surface area contributed by atoms with E-state index in [4.69, 9.17) is 20.4 Å². The Bertz CT molecular complexity index is 531. The number of aliphatic carboxylic acids is 4. The lowest BCUT2D eigenvalue weighted by atomic mass is 9.47. The third kappa shape index (κ3) is 1.95. The highest BCUT2D eigenvalue weighted by Gasteiger charge is 2.73. The highest BCUT2D eigenvalue weighted by atomic mass is 19.1. The molecular weight excluding hydrogens is 291 g/mol. The first-order valence-corrected chi connectivity index (χ1v) is 6.23. The molecule has 0 aromatic heterocycles. The first-order chi connectivity index (χ1) is 9.62. The molecule has 0 saturated heterocycles. The van der Waals surface area contributed by atoms with E-state index in [1.807, 2.05) is 0 Å². The van der Waals surface area contributed by atoms with Gasteiger partial charge in [0.25, 0.3) is 0 Å². The van der Waals surface area contributed by atoms with Crippen molar-refractivity contribution in [1.82, 2.24) is 0 Å². The van der Waals surface area contributed by atoms with E-state index in [0.717, 1.165) is 0 Å². The molecule has 2 saturated carbocycles. The van der Waals surface area contributed by atoms with Crippen LogP contribution in [0.4, 0.5) is 4.39 Å². The van der Waals surface area contributed by atoms with Crippen LogP contribution >= 0.6 is 0 Å². The van der Waals surface area contributed by atoms with Gasteiger partial charge in [-0.1, -0.05) is 0 Å². The Morgan fingerprint density at radius 3 is 1.71 bits per heavy atom. The predicted octanol–water partition coefficient (Wildman–Crippen LogP) is -0.0785. The van der Waals surface area contributed by atoms with Crippen molar-refractivity contribution in [2.45, 2.75) is 18.5 Å². The van der Waals surface area contributed by atoms with Crippen molar-refractivity contribution < 1.29 is 44.0 Å². The number of halogens is 1. The first-order valence-electron chi connectivity index (χ1n) is 6.23. The van der Waals surface area contributed by atoms with Crippen molar-refractivity contribution in [2.24, 2.45) is 29.6 Å². The van der Waals surface area contributed by atoms with Gasteiger partial charge in [0.15, 0.2) is 0 Å². The molecule has 2 aliphatic rings. The molecule has 0 spiro atoms. The highest BCUT2D eigenvalue weighted by Crippen LogP contribution is 2.60. The molecule has 0 aromatic rings. The Kier molecular flexibility index (Phi) is 3.38. The van der Waals surface area contributed by atoms with Gasteiger partial charge in [-0.3, -0.25) is 14.4 Å². The summed E-state index contributed by atoms with van der Waals surface area (Å²) in [5.41, 5.74) is -3.05. The molecule has 0 amide bonds. The summed E-state index contributed by atoms with van der Waals surface area (Å²) < 4.78 is 14.5. The molecule has 0 aromatic carbocycles. The van der Waals surface area contributed by atoms with Gasteiger partial charge in [0.05, 0.1) is 11.8 Å². The Hall–Kier alpha value is -2.19. The van der Waals surface area contributed by atoms with E-state index < -0.39 is 65.6 Å². The van der Waals surface area contributed by atoms with Crippen molar-refractivity contribution in [3.05, 3.63) is 0 Å². The van der Waals surface area contributed by atoms with Crippen molar-refractivity contribution >= 4 is 23.9 Å². The Labute approximate surface area is 117 Å². The summed E-state index contributed by atoms with van der Waals surface area (Å²) in [5, 5.41) is 36.0. The zero-order valence-corrected chi connectivity index (χ0v) is 10.6. The van der Waals surface area contributed by atoms with Gasteiger partial charge in [0.2, 0.25) is 5.67 Å². The molecule has 0 heterocycles. The normalized spacial score (nSPS) is 41.5. The fourth-order valence-electron chi connectivity index (χ4n) is 3.71. The second kappa shape index (κ2) is 4.68. The fourth-order valence-corrected chi connectivity index (χ4v) is 3.71. The molecule has 2 aliphatic carbocycles. The molecular formula is C12H13FO8. The SMILES string of the molecule is O=C(O)C1CC2C(CC1C(=O)O)C(F)(C(=O)O)C2C(=O)O. The number of alkyl halides is 1. The average molecular weight is 304 g/mol. The number of fused-ring (bicyclic) bond motifs is 1. The molecule has 6 unspecified atom stereocenters. The molecule has 21 heavy (non-hydrogen) atoms. The summed E-state index contributed by atoms with van der Waals surface area (Å²) in [7, 11) is 0. The maximum absolute atomic E-state index is 14.5. The number of carboxylic acid groups (broad SMARTS) is 4. The summed E-state index contributed by atoms with van der Waals surface area (Å²) in [6.45, 7) is 0. The molecule has 9 heteroatoms. The lowest BCUT2D eigenvalue weighted by Crippen LogP contribution is -2.69. The summed E-state index contributed by atoms with van der Waals surface area (Å²) in [4.78, 5) is 44.3. The standard InChI is InChI=1S/C12H13FO8/c13-12(11(20)21)6-2-4(9(16)17)3(8(14)15)1-5(6)7(12)10(18)19/h3-7H,1-2H2,(H,14,15)(H,16,17)(H,18,19)(H,20,21). The molecule has 2 fully saturated rings. The van der Waals surface area contributed by atoms with Crippen LogP contribution in [0, 0.1) is 29.6 Å². The van der Waals surface area contributed by atoms with Gasteiger partial charge in [-0.15, -0.1) is 0 Å². The van der Waals surface area contributed by atoms with Gasteiger partial charge >= 0.3 is 23.9 Å². The van der Waals surface area contributed by atoms with E-state index in [9.17, 15) is 23.6 Å². The van der Waals surface area contributed by atoms with Gasteiger partial charge < -0.3 is 20.4 Å². The Balaban J connectivity index is 2.37. The van der Waals surface area contributed by atoms with Crippen molar-refractivity contribution in [2.75, 3.05) is 0 Å². The van der Waals surface area contributed by atoms with E-state index in [1.165, 1.54) is 0 Å². The lowest BCUT2D eigenvalue weighted by molar-refractivity contribution is -0.218. The monoisotopic (exact) mass is 304 g/mol. The van der Waals surface area contributed by atoms with E-state index in [1.54, 1.807) is 0 Å². The summed E-state index contributed by atoms with van der Waals surface area (Å²) in [6, 6.07) is 0. The minimum absolute atomic E-state index is 0.354. The second-order valence-electron chi connectivity index (χ2n) is 5.52. The smallest absolute Gasteiger partial charge is 0.342 e. The van der Waals surface area contributed by atoms with Crippen LogP contribution in [0.5, 0.6) is 0 Å². The maximum atomic E-state index is 14.5. The van der Waals surface area contributed by atoms with E-state index in [-0.39, 0.29) is 6.42 Å². The van der Waals surface area contributed by atoms with Gasteiger partial charge in [-0.25, -0.2) is 9.18 Å². The van der Waals surface area contributed by atoms with Gasteiger partial charge in [0, 0.05) is 5.92 Å². The van der Waals surface area contributed by atoms with Crippen LogP contribution in [0.1, 0.15) is 12.8 Å². The zero-order valence-electron chi connectivity index (χ0n) is 10.6. The average Bonchev–Trinajstić information content (AvgIpc) is 2.35. The zero-order chi connectivity index (χ0) is 16.1. The largest absolute Gasteiger partial charge is 0.481 e. The van der Waals surface area contributed by atoms with Crippen LogP contribution in [-0.2, 0) is 19.2 Å². The third-order valence-electron chi connectivity index (χ3n) is 4.69. The molecule has 2 rings (SSSR count). The van der Waals surface area contributed by atoms with Crippen molar-refractivity contribution in [3.8, 4) is 0 Å². The van der Waals surface area contributed by atoms with Gasteiger partial charge in [-0.05, 0) is 18.8 Å². The molecule has 4 N–H and O–H groups in total. The van der Waals surface area contributed by atoms with Crippen LogP contribution < -0.4 is 0 Å². The lowest BCUT2D eigenvalue weighted by Gasteiger charge is -2.56. The van der Waals surface area contributed by atoms with Crippen molar-refractivity contribution in [3.63, 3.8) is 0 Å². The molecule has 116 valence electrons. The number of rotatable bonds is 4. The van der Waals surface area contributed by atoms with E-state index in [0.29, 0.717) is 0 Å². The van der Waals surface area contributed by atoms with Crippen LogP contribution in [-0.4, -0.2) is 50.0 Å². The number of hydrogen-bond donors (Lipinski definition) is 4. The predicted molar refractivity (Wildman–Crippen MR) is 61.1 cm³/mol. The Morgan fingerprint density at radius 2 is 1.33 bits per heavy atom. The van der Waals surface area contributed by atoms with E-state index in [2.05, 4.69) is 0 Å². The fraction of sp³-hybridized carbons (Fsp3) is 0.667. The van der Waals surface area contributed by atoms with E-state index >= 15 is 0 Å². The summed E-state index contributed by atoms with van der Waals surface area (Å²) in [6.07, 6.45) is -0.851. The van der Waals surface area contributed by atoms with Gasteiger partial charge in [0.1, 0.15) is 5.92 Å². The highest BCUT2D eigenvalue weighted by molar-refractivity contribution is 5.90. The van der Waals surface area contributed by atoms with Crippen LogP contribution in [0.25, 0.3) is 0 Å². The quantitative estimate of drug-likeness (QED) is 0.563. The first kappa shape index (κ1) is 15.2. The molecule has 8 nitrogen and oxygen atoms in total. The maximum Gasteiger partial charge on any atom is 0.342 e. The minimum Gasteiger partial charge on any atom is -0.481 e. The molecule has 0 aliphatic heterocycles. The molecule has 6 atom stereocenters. The number of carbonyl (C=O) groups is 4. The second-order valence-corrected chi connectivity index (χ2v) is 5.52. The van der Waals surface area contributed by atoms with Crippen LogP contribution in [0.15, 0.2) is 0 Å². The Morgan fingerprint density at radius 1 is 0.857 bits per heavy atom.